The highest BCUT2D eigenvalue weighted by Crippen LogP contribution is 2.28. The summed E-state index contributed by atoms with van der Waals surface area (Å²) in [6, 6.07) is 14.1. The van der Waals surface area contributed by atoms with Gasteiger partial charge in [0, 0.05) is 37.0 Å². The number of piperidine rings is 1. The van der Waals surface area contributed by atoms with Gasteiger partial charge in [0.05, 0.1) is 10.7 Å². The van der Waals surface area contributed by atoms with Crippen LogP contribution in [0.15, 0.2) is 53.9 Å². The molecule has 1 aliphatic rings. The summed E-state index contributed by atoms with van der Waals surface area (Å²) >= 11 is 6.20. The minimum atomic E-state index is -3.55. The Bertz CT molecular complexity index is 1080. The van der Waals surface area contributed by atoms with E-state index < -0.39 is 10.0 Å². The average molecular weight is 462 g/mol. The molecule has 2 aromatic rings. The third kappa shape index (κ3) is 6.40. The van der Waals surface area contributed by atoms with Crippen molar-refractivity contribution in [3.05, 3.63) is 64.5 Å². The van der Waals surface area contributed by atoms with E-state index in [1.54, 1.807) is 24.3 Å². The van der Waals surface area contributed by atoms with Crippen molar-refractivity contribution in [2.75, 3.05) is 23.7 Å². The summed E-state index contributed by atoms with van der Waals surface area (Å²) in [5.74, 6) is -0.727. The Morgan fingerprint density at radius 2 is 1.74 bits per heavy atom. The summed E-state index contributed by atoms with van der Waals surface area (Å²) in [5, 5.41) is 6.94. The summed E-state index contributed by atoms with van der Waals surface area (Å²) in [6.07, 6.45) is 2.42. The molecule has 31 heavy (non-hydrogen) atoms. The highest BCUT2D eigenvalue weighted by Gasteiger charge is 2.30. The zero-order valence-corrected chi connectivity index (χ0v) is 18.6. The van der Waals surface area contributed by atoms with E-state index in [0.717, 1.165) is 5.56 Å². The topological polar surface area (TPSA) is 95.6 Å². The first kappa shape index (κ1) is 23.0. The standard InChI is InChI=1S/C22H24ClN3O4S/c1-16(27)24-19-7-8-21(20(23)15-19)25-22(28)18-9-12-26(13-10-18)31(29,30)14-11-17-5-3-2-4-6-17/h2-8,11,14-15,18H,9-10,12-13H2,1H3,(H,24,27)(H,25,28)/b14-11+. The molecule has 1 heterocycles. The van der Waals surface area contributed by atoms with E-state index in [1.165, 1.54) is 16.6 Å². The first-order valence-electron chi connectivity index (χ1n) is 9.86. The van der Waals surface area contributed by atoms with Crippen LogP contribution in [0, 0.1) is 5.92 Å². The SMILES string of the molecule is CC(=O)Nc1ccc(NC(=O)C2CCN(S(=O)(=O)/C=C/c3ccccc3)CC2)c(Cl)c1. The molecule has 3 rings (SSSR count). The van der Waals surface area contributed by atoms with Gasteiger partial charge in [0.2, 0.25) is 21.8 Å². The molecule has 1 saturated heterocycles. The van der Waals surface area contributed by atoms with Gasteiger partial charge in [-0.3, -0.25) is 9.59 Å². The Kier molecular flexibility index (Phi) is 7.48. The number of sulfonamides is 1. The number of benzene rings is 2. The number of halogens is 1. The number of rotatable bonds is 6. The molecule has 0 bridgehead atoms. The Balaban J connectivity index is 1.56. The lowest BCUT2D eigenvalue weighted by molar-refractivity contribution is -0.121. The Hall–Kier alpha value is -2.68. The largest absolute Gasteiger partial charge is 0.326 e. The van der Waals surface area contributed by atoms with Crippen LogP contribution in [0.3, 0.4) is 0 Å². The van der Waals surface area contributed by atoms with E-state index in [-0.39, 0.29) is 30.8 Å². The lowest BCUT2D eigenvalue weighted by Gasteiger charge is -2.29. The van der Waals surface area contributed by atoms with Gasteiger partial charge < -0.3 is 10.6 Å². The van der Waals surface area contributed by atoms with Crippen molar-refractivity contribution < 1.29 is 18.0 Å². The molecular weight excluding hydrogens is 438 g/mol. The molecule has 0 aliphatic carbocycles. The molecule has 164 valence electrons. The van der Waals surface area contributed by atoms with Crippen LogP contribution in [0.5, 0.6) is 0 Å². The molecule has 9 heteroatoms. The molecule has 0 aromatic heterocycles. The molecule has 7 nitrogen and oxygen atoms in total. The highest BCUT2D eigenvalue weighted by molar-refractivity contribution is 7.92. The Labute approximate surface area is 187 Å². The lowest BCUT2D eigenvalue weighted by atomic mass is 9.97. The van der Waals surface area contributed by atoms with Gasteiger partial charge in [0.15, 0.2) is 0 Å². The summed E-state index contributed by atoms with van der Waals surface area (Å²) < 4.78 is 26.5. The second-order valence-corrected chi connectivity index (χ2v) is 9.52. The first-order valence-corrected chi connectivity index (χ1v) is 11.7. The quantitative estimate of drug-likeness (QED) is 0.680. The van der Waals surface area contributed by atoms with Crippen LogP contribution in [-0.2, 0) is 19.6 Å². The van der Waals surface area contributed by atoms with Crippen molar-refractivity contribution in [2.45, 2.75) is 19.8 Å². The van der Waals surface area contributed by atoms with E-state index in [0.29, 0.717) is 29.2 Å². The first-order chi connectivity index (χ1) is 14.7. The second-order valence-electron chi connectivity index (χ2n) is 7.30. The second kappa shape index (κ2) is 10.1. The molecule has 0 unspecified atom stereocenters. The van der Waals surface area contributed by atoms with Gasteiger partial charge >= 0.3 is 0 Å². The molecule has 2 aromatic carbocycles. The average Bonchev–Trinajstić information content (AvgIpc) is 2.74. The Morgan fingerprint density at radius 3 is 2.35 bits per heavy atom. The zero-order chi connectivity index (χ0) is 22.4. The fraction of sp³-hybridized carbons (Fsp3) is 0.273. The van der Waals surface area contributed by atoms with Crippen molar-refractivity contribution in [3.63, 3.8) is 0 Å². The summed E-state index contributed by atoms with van der Waals surface area (Å²) in [6.45, 7) is 1.94. The predicted molar refractivity (Wildman–Crippen MR) is 123 cm³/mol. The molecule has 0 radical (unpaired) electrons. The molecule has 0 saturated carbocycles. The predicted octanol–water partition coefficient (Wildman–Crippen LogP) is 3.95. The number of anilines is 2. The lowest BCUT2D eigenvalue weighted by Crippen LogP contribution is -2.40. The van der Waals surface area contributed by atoms with Crippen LogP contribution in [-0.4, -0.2) is 37.6 Å². The van der Waals surface area contributed by atoms with Crippen LogP contribution in [0.4, 0.5) is 11.4 Å². The fourth-order valence-corrected chi connectivity index (χ4v) is 4.77. The molecule has 2 amide bonds. The van der Waals surface area contributed by atoms with Crippen LogP contribution in [0.25, 0.3) is 6.08 Å². The normalized spacial score (nSPS) is 15.7. The minimum absolute atomic E-state index is 0.203. The summed E-state index contributed by atoms with van der Waals surface area (Å²) in [7, 11) is -3.55. The molecule has 0 spiro atoms. The van der Waals surface area contributed by atoms with Gasteiger partial charge in [0.1, 0.15) is 0 Å². The van der Waals surface area contributed by atoms with Gasteiger partial charge in [-0.05, 0) is 42.7 Å². The fourth-order valence-electron chi connectivity index (χ4n) is 3.32. The maximum absolute atomic E-state index is 12.6. The maximum Gasteiger partial charge on any atom is 0.236 e. The molecular formula is C22H24ClN3O4S. The van der Waals surface area contributed by atoms with Crippen molar-refractivity contribution >= 4 is 50.9 Å². The maximum atomic E-state index is 12.6. The molecule has 2 N–H and O–H groups in total. The number of amides is 2. The number of carbonyl (C=O) groups is 2. The third-order valence-electron chi connectivity index (χ3n) is 4.96. The summed E-state index contributed by atoms with van der Waals surface area (Å²) in [5.41, 5.74) is 1.79. The third-order valence-corrected chi connectivity index (χ3v) is 6.84. The van der Waals surface area contributed by atoms with Gasteiger partial charge in [-0.25, -0.2) is 8.42 Å². The van der Waals surface area contributed by atoms with Crippen LogP contribution in [0.2, 0.25) is 5.02 Å². The van der Waals surface area contributed by atoms with Crippen molar-refractivity contribution in [1.82, 2.24) is 4.31 Å². The van der Waals surface area contributed by atoms with E-state index in [4.69, 9.17) is 11.6 Å². The van der Waals surface area contributed by atoms with Crippen LogP contribution in [0.1, 0.15) is 25.3 Å². The van der Waals surface area contributed by atoms with E-state index in [9.17, 15) is 18.0 Å². The minimum Gasteiger partial charge on any atom is -0.326 e. The monoisotopic (exact) mass is 461 g/mol. The molecule has 0 atom stereocenters. The number of hydrogen-bond donors (Lipinski definition) is 2. The van der Waals surface area contributed by atoms with Crippen molar-refractivity contribution in [3.8, 4) is 0 Å². The number of nitrogens with one attached hydrogen (secondary N) is 2. The van der Waals surface area contributed by atoms with Gasteiger partial charge in [-0.1, -0.05) is 41.9 Å². The molecule has 1 aliphatic heterocycles. The highest BCUT2D eigenvalue weighted by atomic mass is 35.5. The summed E-state index contributed by atoms with van der Waals surface area (Å²) in [4.78, 5) is 23.8. The van der Waals surface area contributed by atoms with E-state index >= 15 is 0 Å². The zero-order valence-electron chi connectivity index (χ0n) is 17.0. The van der Waals surface area contributed by atoms with Gasteiger partial charge in [-0.15, -0.1) is 0 Å². The Morgan fingerprint density at radius 1 is 1.06 bits per heavy atom. The molecule has 1 fully saturated rings. The van der Waals surface area contributed by atoms with Crippen LogP contribution >= 0.6 is 11.6 Å². The van der Waals surface area contributed by atoms with Crippen molar-refractivity contribution in [1.29, 1.82) is 0 Å². The van der Waals surface area contributed by atoms with Gasteiger partial charge in [0.25, 0.3) is 0 Å². The van der Waals surface area contributed by atoms with Gasteiger partial charge in [-0.2, -0.15) is 4.31 Å². The number of carbonyl (C=O) groups excluding carboxylic acids is 2. The number of nitrogens with zero attached hydrogens (tertiary/aromatic N) is 1. The van der Waals surface area contributed by atoms with E-state index in [2.05, 4.69) is 10.6 Å². The van der Waals surface area contributed by atoms with E-state index in [1.807, 2.05) is 30.3 Å². The number of hydrogen-bond acceptors (Lipinski definition) is 4. The van der Waals surface area contributed by atoms with Crippen LogP contribution < -0.4 is 10.6 Å². The smallest absolute Gasteiger partial charge is 0.236 e. The van der Waals surface area contributed by atoms with Crippen molar-refractivity contribution in [2.24, 2.45) is 5.92 Å².